The molecule has 0 radical (unpaired) electrons. The molecule has 1 aromatic heterocycles. The third-order valence-electron chi connectivity index (χ3n) is 3.86. The molecule has 0 unspecified atom stereocenters. The van der Waals surface area contributed by atoms with Crippen LogP contribution < -0.4 is 20.8 Å². The van der Waals surface area contributed by atoms with Crippen LogP contribution in [0.4, 0.5) is 5.69 Å². The first kappa shape index (κ1) is 18.8. The Kier molecular flexibility index (Phi) is 5.66. The van der Waals surface area contributed by atoms with Crippen molar-refractivity contribution < 1.29 is 9.47 Å². The zero-order valence-corrected chi connectivity index (χ0v) is 16.1. The summed E-state index contributed by atoms with van der Waals surface area (Å²) < 4.78 is 10.5. The van der Waals surface area contributed by atoms with E-state index < -0.39 is 0 Å². The van der Waals surface area contributed by atoms with Crippen molar-refractivity contribution in [3.8, 4) is 11.5 Å². The number of H-pyrrole nitrogens is 1. The molecule has 0 saturated heterocycles. The zero-order chi connectivity index (χ0) is 19.4. The Bertz CT molecular complexity index is 1060. The number of thioether (sulfide) groups is 1. The van der Waals surface area contributed by atoms with E-state index in [9.17, 15) is 4.79 Å². The fourth-order valence-corrected chi connectivity index (χ4v) is 3.17. The summed E-state index contributed by atoms with van der Waals surface area (Å²) in [4.78, 5) is 24.0. The molecule has 0 fully saturated rings. The molecule has 3 N–H and O–H groups in total. The van der Waals surface area contributed by atoms with Gasteiger partial charge in [0.1, 0.15) is 5.82 Å². The molecule has 27 heavy (non-hydrogen) atoms. The van der Waals surface area contributed by atoms with E-state index in [0.717, 1.165) is 11.3 Å². The second-order valence-corrected chi connectivity index (χ2v) is 6.81. The molecule has 0 aliphatic carbocycles. The zero-order valence-electron chi connectivity index (χ0n) is 15.3. The molecule has 7 nitrogen and oxygen atoms in total. The molecular weight excluding hydrogens is 364 g/mol. The summed E-state index contributed by atoms with van der Waals surface area (Å²) in [6.45, 7) is 2.00. The van der Waals surface area contributed by atoms with Crippen molar-refractivity contribution in [2.45, 2.75) is 12.7 Å². The smallest absolute Gasteiger partial charge is 0.258 e. The second kappa shape index (κ2) is 8.13. The number of amidine groups is 1. The monoisotopic (exact) mass is 384 g/mol. The van der Waals surface area contributed by atoms with E-state index in [1.165, 1.54) is 26.0 Å². The number of hydrogen-bond acceptors (Lipinski definition) is 6. The van der Waals surface area contributed by atoms with E-state index in [-0.39, 0.29) is 5.56 Å². The summed E-state index contributed by atoms with van der Waals surface area (Å²) in [5.74, 6) is 1.89. The van der Waals surface area contributed by atoms with Crippen molar-refractivity contribution in [3.63, 3.8) is 0 Å². The van der Waals surface area contributed by atoms with Crippen LogP contribution in [0.15, 0.2) is 46.2 Å². The molecule has 2 aromatic carbocycles. The number of hydrogen-bond donors (Lipinski definition) is 2. The summed E-state index contributed by atoms with van der Waals surface area (Å²) in [5.41, 5.74) is 8.18. The van der Waals surface area contributed by atoms with Crippen LogP contribution in [0.5, 0.6) is 11.5 Å². The first-order valence-electron chi connectivity index (χ1n) is 8.18. The molecule has 3 rings (SSSR count). The number of ether oxygens (including phenoxy) is 2. The molecule has 0 aliphatic heterocycles. The summed E-state index contributed by atoms with van der Waals surface area (Å²) >= 11 is 1.30. The Morgan fingerprint density at radius 2 is 1.96 bits per heavy atom. The number of benzene rings is 2. The Morgan fingerprint density at radius 3 is 2.67 bits per heavy atom. The van der Waals surface area contributed by atoms with E-state index in [4.69, 9.17) is 15.2 Å². The van der Waals surface area contributed by atoms with Gasteiger partial charge in [0, 0.05) is 6.07 Å². The maximum absolute atomic E-state index is 12.4. The summed E-state index contributed by atoms with van der Waals surface area (Å²) in [7, 11) is 3.06. The van der Waals surface area contributed by atoms with Crippen molar-refractivity contribution in [2.75, 3.05) is 14.2 Å². The Labute approximate surface area is 160 Å². The quantitative estimate of drug-likeness (QED) is 0.517. The third kappa shape index (κ3) is 4.40. The first-order valence-corrected chi connectivity index (χ1v) is 9.17. The molecule has 1 heterocycles. The van der Waals surface area contributed by atoms with Crippen LogP contribution in [-0.4, -0.2) is 29.4 Å². The average Bonchev–Trinajstić information content (AvgIpc) is 2.65. The van der Waals surface area contributed by atoms with Gasteiger partial charge in [0.25, 0.3) is 5.56 Å². The number of aromatic amines is 1. The van der Waals surface area contributed by atoms with Crippen molar-refractivity contribution in [3.05, 3.63) is 58.1 Å². The van der Waals surface area contributed by atoms with Crippen LogP contribution in [0.25, 0.3) is 10.9 Å². The molecule has 0 atom stereocenters. The number of nitrogens with one attached hydrogen (secondary N) is 1. The minimum atomic E-state index is -0.245. The molecular formula is C19H20N4O3S. The van der Waals surface area contributed by atoms with Gasteiger partial charge in [-0.2, -0.15) is 0 Å². The maximum atomic E-state index is 12.4. The van der Waals surface area contributed by atoms with Crippen molar-refractivity contribution in [1.82, 2.24) is 9.97 Å². The third-order valence-corrected chi connectivity index (χ3v) is 4.66. The summed E-state index contributed by atoms with van der Waals surface area (Å²) in [5, 5.41) is 0.832. The second-order valence-electron chi connectivity index (χ2n) is 5.81. The van der Waals surface area contributed by atoms with Crippen LogP contribution in [0, 0.1) is 6.92 Å². The normalized spacial score (nSPS) is 11.6. The van der Waals surface area contributed by atoms with E-state index in [1.807, 2.05) is 31.2 Å². The lowest BCUT2D eigenvalue weighted by Crippen LogP contribution is -2.13. The van der Waals surface area contributed by atoms with Crippen LogP contribution in [0.1, 0.15) is 11.4 Å². The predicted octanol–water partition coefficient (Wildman–Crippen LogP) is 3.13. The molecule has 0 bridgehead atoms. The van der Waals surface area contributed by atoms with Gasteiger partial charge in [0.2, 0.25) is 0 Å². The van der Waals surface area contributed by atoms with Crippen LogP contribution in [-0.2, 0) is 5.75 Å². The van der Waals surface area contributed by atoms with Gasteiger partial charge >= 0.3 is 0 Å². The number of fused-ring (bicyclic) bond motifs is 1. The Balaban J connectivity index is 1.84. The molecule has 0 amide bonds. The Morgan fingerprint density at radius 1 is 1.22 bits per heavy atom. The van der Waals surface area contributed by atoms with Gasteiger partial charge in [-0.1, -0.05) is 23.9 Å². The minimum Gasteiger partial charge on any atom is -0.493 e. The molecule has 3 aromatic rings. The molecule has 0 spiro atoms. The number of aromatic nitrogens is 2. The van der Waals surface area contributed by atoms with Gasteiger partial charge in [-0.05, 0) is 30.7 Å². The lowest BCUT2D eigenvalue weighted by molar-refractivity contribution is 0.355. The van der Waals surface area contributed by atoms with Gasteiger partial charge in [-0.15, -0.1) is 0 Å². The summed E-state index contributed by atoms with van der Waals surface area (Å²) in [6.07, 6.45) is 0. The highest BCUT2D eigenvalue weighted by Gasteiger charge is 2.11. The average molecular weight is 384 g/mol. The van der Waals surface area contributed by atoms with E-state index in [2.05, 4.69) is 15.0 Å². The highest BCUT2D eigenvalue weighted by atomic mass is 32.2. The van der Waals surface area contributed by atoms with Gasteiger partial charge in [0.05, 0.1) is 36.6 Å². The standard InChI is InChI=1S/C19H20N4O3S/c1-11-5-4-6-12(7-11)21-19(20)27-10-17-22-14-9-16(26-3)15(25-2)8-13(14)18(24)23-17/h4-9H,10H2,1-3H3,(H2,20,21)(H,22,23,24). The van der Waals surface area contributed by atoms with Gasteiger partial charge < -0.3 is 20.2 Å². The number of rotatable bonds is 5. The Hall–Kier alpha value is -3.00. The topological polar surface area (TPSA) is 103 Å². The van der Waals surface area contributed by atoms with Crippen LogP contribution >= 0.6 is 11.8 Å². The molecule has 140 valence electrons. The van der Waals surface area contributed by atoms with E-state index >= 15 is 0 Å². The van der Waals surface area contributed by atoms with Crippen molar-refractivity contribution in [2.24, 2.45) is 10.7 Å². The van der Waals surface area contributed by atoms with E-state index in [0.29, 0.717) is 39.1 Å². The number of aryl methyl sites for hydroxylation is 1. The fraction of sp³-hybridized carbons (Fsp3) is 0.211. The lowest BCUT2D eigenvalue weighted by Gasteiger charge is -2.09. The summed E-state index contributed by atoms with van der Waals surface area (Å²) in [6, 6.07) is 11.1. The first-order chi connectivity index (χ1) is 13.0. The molecule has 0 saturated carbocycles. The van der Waals surface area contributed by atoms with Gasteiger partial charge in [0.15, 0.2) is 16.7 Å². The highest BCUT2D eigenvalue weighted by Crippen LogP contribution is 2.30. The van der Waals surface area contributed by atoms with Gasteiger partial charge in [-0.25, -0.2) is 9.98 Å². The fourth-order valence-electron chi connectivity index (χ4n) is 2.58. The van der Waals surface area contributed by atoms with Crippen LogP contribution in [0.2, 0.25) is 0 Å². The predicted molar refractivity (Wildman–Crippen MR) is 109 cm³/mol. The maximum Gasteiger partial charge on any atom is 0.258 e. The largest absolute Gasteiger partial charge is 0.493 e. The minimum absolute atomic E-state index is 0.245. The molecule has 8 heteroatoms. The van der Waals surface area contributed by atoms with Crippen molar-refractivity contribution in [1.29, 1.82) is 0 Å². The lowest BCUT2D eigenvalue weighted by atomic mass is 10.2. The van der Waals surface area contributed by atoms with Crippen molar-refractivity contribution >= 4 is 33.5 Å². The van der Waals surface area contributed by atoms with E-state index in [1.54, 1.807) is 12.1 Å². The molecule has 0 aliphatic rings. The number of nitrogens with zero attached hydrogens (tertiary/aromatic N) is 2. The number of aliphatic imine (C=N–C) groups is 1. The van der Waals surface area contributed by atoms with Gasteiger partial charge in [-0.3, -0.25) is 4.79 Å². The number of nitrogens with two attached hydrogens (primary N) is 1. The number of methoxy groups -OCH3 is 2. The highest BCUT2D eigenvalue weighted by molar-refractivity contribution is 8.13. The van der Waals surface area contributed by atoms with Crippen LogP contribution in [0.3, 0.4) is 0 Å². The SMILES string of the molecule is COc1cc2nc(CSC(N)=Nc3cccc(C)c3)[nH]c(=O)c2cc1OC.